The molecule has 1 aliphatic rings. The summed E-state index contributed by atoms with van der Waals surface area (Å²) >= 11 is 0. The maximum Gasteiger partial charge on any atom is 0.308 e. The quantitative estimate of drug-likeness (QED) is 0.720. The van der Waals surface area contributed by atoms with Crippen LogP contribution in [0.25, 0.3) is 0 Å². The fourth-order valence-corrected chi connectivity index (χ4v) is 2.07. The van der Waals surface area contributed by atoms with E-state index < -0.39 is 0 Å². The summed E-state index contributed by atoms with van der Waals surface area (Å²) in [5.74, 6) is 0.684. The van der Waals surface area contributed by atoms with E-state index in [-0.39, 0.29) is 11.9 Å². The van der Waals surface area contributed by atoms with E-state index in [0.717, 1.165) is 37.6 Å². The number of hydrogen-bond donors (Lipinski definition) is 0. The van der Waals surface area contributed by atoms with Crippen LogP contribution in [0.15, 0.2) is 12.3 Å². The SMILES string of the molecule is COC(=O)C1CCN(c2nccc(C)n2)CC1. The normalized spacial score (nSPS) is 16.9. The molecule has 2 rings (SSSR count). The van der Waals surface area contributed by atoms with Gasteiger partial charge in [0.1, 0.15) is 0 Å². The lowest BCUT2D eigenvalue weighted by Crippen LogP contribution is -2.37. The summed E-state index contributed by atoms with van der Waals surface area (Å²) in [7, 11) is 1.44. The molecule has 2 heterocycles. The highest BCUT2D eigenvalue weighted by Crippen LogP contribution is 2.21. The summed E-state index contributed by atoms with van der Waals surface area (Å²) in [4.78, 5) is 22.1. The Morgan fingerprint density at radius 3 is 2.76 bits per heavy atom. The Kier molecular flexibility index (Phi) is 3.56. The zero-order chi connectivity index (χ0) is 12.3. The first-order chi connectivity index (χ1) is 8.20. The minimum atomic E-state index is -0.102. The maximum atomic E-state index is 11.4. The molecule has 92 valence electrons. The number of aryl methyl sites for hydroxylation is 1. The Morgan fingerprint density at radius 2 is 2.18 bits per heavy atom. The van der Waals surface area contributed by atoms with Crippen molar-refractivity contribution in [1.29, 1.82) is 0 Å². The fraction of sp³-hybridized carbons (Fsp3) is 0.583. The van der Waals surface area contributed by atoms with Gasteiger partial charge in [-0.15, -0.1) is 0 Å². The van der Waals surface area contributed by atoms with Gasteiger partial charge >= 0.3 is 5.97 Å². The molecule has 1 aromatic rings. The van der Waals surface area contributed by atoms with E-state index in [4.69, 9.17) is 4.74 Å². The third kappa shape index (κ3) is 2.72. The standard InChI is InChI=1S/C12H17N3O2/c1-9-3-6-13-12(14-9)15-7-4-10(5-8-15)11(16)17-2/h3,6,10H,4-5,7-8H2,1-2H3. The van der Waals surface area contributed by atoms with Crippen LogP contribution in [0.3, 0.4) is 0 Å². The average Bonchev–Trinajstić information content (AvgIpc) is 2.38. The van der Waals surface area contributed by atoms with Crippen molar-refractivity contribution in [3.05, 3.63) is 18.0 Å². The number of rotatable bonds is 2. The van der Waals surface area contributed by atoms with Crippen LogP contribution in [0.4, 0.5) is 5.95 Å². The largest absolute Gasteiger partial charge is 0.469 e. The second kappa shape index (κ2) is 5.12. The zero-order valence-corrected chi connectivity index (χ0v) is 10.2. The molecule has 1 aliphatic heterocycles. The molecular weight excluding hydrogens is 218 g/mol. The van der Waals surface area contributed by atoms with Gasteiger partial charge in [-0.2, -0.15) is 0 Å². The Morgan fingerprint density at radius 1 is 1.47 bits per heavy atom. The molecule has 1 aromatic heterocycles. The van der Waals surface area contributed by atoms with E-state index in [1.807, 2.05) is 13.0 Å². The first-order valence-corrected chi connectivity index (χ1v) is 5.83. The molecule has 0 atom stereocenters. The van der Waals surface area contributed by atoms with Gasteiger partial charge in [-0.25, -0.2) is 9.97 Å². The Labute approximate surface area is 101 Å². The Hall–Kier alpha value is -1.65. The predicted molar refractivity (Wildman–Crippen MR) is 63.7 cm³/mol. The van der Waals surface area contributed by atoms with Crippen molar-refractivity contribution >= 4 is 11.9 Å². The van der Waals surface area contributed by atoms with Crippen LogP contribution in [0, 0.1) is 12.8 Å². The van der Waals surface area contributed by atoms with Crippen LogP contribution in [0.1, 0.15) is 18.5 Å². The summed E-state index contributed by atoms with van der Waals surface area (Å²) in [6.45, 7) is 3.57. The van der Waals surface area contributed by atoms with Gasteiger partial charge in [-0.05, 0) is 25.8 Å². The molecule has 0 amide bonds. The van der Waals surface area contributed by atoms with Gasteiger partial charge in [0.25, 0.3) is 0 Å². The number of piperidine rings is 1. The van der Waals surface area contributed by atoms with Crippen LogP contribution in [0.2, 0.25) is 0 Å². The number of nitrogens with zero attached hydrogens (tertiary/aromatic N) is 3. The number of ether oxygens (including phenoxy) is 1. The van der Waals surface area contributed by atoms with E-state index in [1.165, 1.54) is 7.11 Å². The Balaban J connectivity index is 1.97. The van der Waals surface area contributed by atoms with Crippen molar-refractivity contribution in [2.24, 2.45) is 5.92 Å². The van der Waals surface area contributed by atoms with Crippen LogP contribution in [-0.4, -0.2) is 36.1 Å². The van der Waals surface area contributed by atoms with Crippen LogP contribution >= 0.6 is 0 Å². The van der Waals surface area contributed by atoms with Crippen LogP contribution in [-0.2, 0) is 9.53 Å². The molecule has 0 radical (unpaired) electrons. The van der Waals surface area contributed by atoms with Gasteiger partial charge in [0.2, 0.25) is 5.95 Å². The summed E-state index contributed by atoms with van der Waals surface area (Å²) in [6, 6.07) is 1.88. The van der Waals surface area contributed by atoms with E-state index >= 15 is 0 Å². The van der Waals surface area contributed by atoms with Crippen molar-refractivity contribution < 1.29 is 9.53 Å². The molecular formula is C12H17N3O2. The molecule has 0 saturated carbocycles. The van der Waals surface area contributed by atoms with Gasteiger partial charge < -0.3 is 9.64 Å². The highest BCUT2D eigenvalue weighted by atomic mass is 16.5. The number of aromatic nitrogens is 2. The molecule has 1 fully saturated rings. The van der Waals surface area contributed by atoms with Gasteiger partial charge in [-0.3, -0.25) is 4.79 Å². The van der Waals surface area contributed by atoms with Crippen molar-refractivity contribution in [2.75, 3.05) is 25.1 Å². The molecule has 5 nitrogen and oxygen atoms in total. The van der Waals surface area contributed by atoms with E-state index in [2.05, 4.69) is 14.9 Å². The lowest BCUT2D eigenvalue weighted by molar-refractivity contribution is -0.146. The van der Waals surface area contributed by atoms with Crippen molar-refractivity contribution in [3.8, 4) is 0 Å². The fourth-order valence-electron chi connectivity index (χ4n) is 2.07. The van der Waals surface area contributed by atoms with E-state index in [0.29, 0.717) is 0 Å². The van der Waals surface area contributed by atoms with Gasteiger partial charge in [0.15, 0.2) is 0 Å². The average molecular weight is 235 g/mol. The highest BCUT2D eigenvalue weighted by Gasteiger charge is 2.26. The number of anilines is 1. The lowest BCUT2D eigenvalue weighted by Gasteiger charge is -2.30. The van der Waals surface area contributed by atoms with Crippen LogP contribution < -0.4 is 4.90 Å². The van der Waals surface area contributed by atoms with E-state index in [1.54, 1.807) is 6.20 Å². The number of methoxy groups -OCH3 is 1. The summed E-state index contributed by atoms with van der Waals surface area (Å²) < 4.78 is 4.76. The number of carbonyl (C=O) groups excluding carboxylic acids is 1. The maximum absolute atomic E-state index is 11.4. The van der Waals surface area contributed by atoms with Gasteiger partial charge in [0.05, 0.1) is 13.0 Å². The first-order valence-electron chi connectivity index (χ1n) is 5.83. The van der Waals surface area contributed by atoms with Crippen molar-refractivity contribution in [3.63, 3.8) is 0 Å². The second-order valence-electron chi connectivity index (χ2n) is 4.28. The zero-order valence-electron chi connectivity index (χ0n) is 10.2. The number of esters is 1. The molecule has 17 heavy (non-hydrogen) atoms. The summed E-state index contributed by atoms with van der Waals surface area (Å²) in [5.41, 5.74) is 0.963. The third-order valence-corrected chi connectivity index (χ3v) is 3.09. The summed E-state index contributed by atoms with van der Waals surface area (Å²) in [5, 5.41) is 0. The minimum absolute atomic E-state index is 0.0288. The molecule has 0 bridgehead atoms. The molecule has 1 saturated heterocycles. The lowest BCUT2D eigenvalue weighted by atomic mass is 9.97. The monoisotopic (exact) mass is 235 g/mol. The first kappa shape index (κ1) is 11.8. The van der Waals surface area contributed by atoms with Crippen LogP contribution in [0.5, 0.6) is 0 Å². The second-order valence-corrected chi connectivity index (χ2v) is 4.28. The van der Waals surface area contributed by atoms with Crippen molar-refractivity contribution in [2.45, 2.75) is 19.8 Å². The molecule has 0 aliphatic carbocycles. The molecule has 0 aromatic carbocycles. The third-order valence-electron chi connectivity index (χ3n) is 3.09. The Bertz CT molecular complexity index is 400. The van der Waals surface area contributed by atoms with Gasteiger partial charge in [0, 0.05) is 25.0 Å². The van der Waals surface area contributed by atoms with Gasteiger partial charge in [-0.1, -0.05) is 0 Å². The van der Waals surface area contributed by atoms with E-state index in [9.17, 15) is 4.79 Å². The molecule has 5 heteroatoms. The smallest absolute Gasteiger partial charge is 0.308 e. The molecule has 0 N–H and O–H groups in total. The topological polar surface area (TPSA) is 55.3 Å². The molecule has 0 unspecified atom stereocenters. The van der Waals surface area contributed by atoms with Crippen molar-refractivity contribution in [1.82, 2.24) is 9.97 Å². The molecule has 0 spiro atoms. The number of hydrogen-bond acceptors (Lipinski definition) is 5. The highest BCUT2D eigenvalue weighted by molar-refractivity contribution is 5.72. The number of carbonyl (C=O) groups is 1. The minimum Gasteiger partial charge on any atom is -0.469 e. The predicted octanol–water partition coefficient (Wildman–Crippen LogP) is 1.17. The summed E-state index contributed by atoms with van der Waals surface area (Å²) in [6.07, 6.45) is 3.39.